The molecule has 1 aromatic carbocycles. The Morgan fingerprint density at radius 3 is 2.44 bits per heavy atom. The van der Waals surface area contributed by atoms with Crippen LogP contribution in [-0.4, -0.2) is 79.7 Å². The van der Waals surface area contributed by atoms with Gasteiger partial charge in [-0.25, -0.2) is 0 Å². The zero-order valence-electron chi connectivity index (χ0n) is 18.8. The summed E-state index contributed by atoms with van der Waals surface area (Å²) in [6, 6.07) is 3.59. The number of rotatable bonds is 11. The number of nitrogens with zero attached hydrogens (tertiary/aromatic N) is 1. The summed E-state index contributed by atoms with van der Waals surface area (Å²) in [6.07, 6.45) is 1.45. The second kappa shape index (κ2) is 11.4. The molecule has 1 saturated heterocycles. The van der Waals surface area contributed by atoms with Gasteiger partial charge in [-0.15, -0.1) is 0 Å². The first kappa shape index (κ1) is 24.8. The molecule has 0 saturated carbocycles. The molecule has 2 heterocycles. The number of carbonyl (C=O) groups excluding carboxylic acids is 6. The third-order valence-corrected chi connectivity index (χ3v) is 5.43. The van der Waals surface area contributed by atoms with Gasteiger partial charge >= 0.3 is 0 Å². The predicted molar refractivity (Wildman–Crippen MR) is 119 cm³/mol. The van der Waals surface area contributed by atoms with E-state index in [4.69, 9.17) is 4.74 Å². The maximum atomic E-state index is 13.0. The van der Waals surface area contributed by atoms with Gasteiger partial charge in [0.05, 0.1) is 17.7 Å². The quantitative estimate of drug-likeness (QED) is 0.239. The van der Waals surface area contributed by atoms with Crippen molar-refractivity contribution in [2.24, 2.45) is 0 Å². The van der Waals surface area contributed by atoms with Crippen LogP contribution in [0.4, 0.5) is 5.69 Å². The van der Waals surface area contributed by atoms with E-state index in [1.54, 1.807) is 12.1 Å². The van der Waals surface area contributed by atoms with Gasteiger partial charge in [-0.3, -0.25) is 39.0 Å². The molecule has 0 radical (unpaired) electrons. The zero-order valence-corrected chi connectivity index (χ0v) is 18.8. The summed E-state index contributed by atoms with van der Waals surface area (Å²) >= 11 is 0. The number of anilines is 1. The molecule has 1 aromatic rings. The molecule has 0 aromatic heterocycles. The number of benzene rings is 1. The van der Waals surface area contributed by atoms with E-state index >= 15 is 0 Å². The fourth-order valence-corrected chi connectivity index (χ4v) is 3.79. The molecule has 182 valence electrons. The second-order valence-electron chi connectivity index (χ2n) is 7.87. The summed E-state index contributed by atoms with van der Waals surface area (Å²) in [5, 5.41) is 10.5. The lowest BCUT2D eigenvalue weighted by molar-refractivity contribution is -0.136. The third-order valence-electron chi connectivity index (χ3n) is 5.43. The Kier molecular flexibility index (Phi) is 8.30. The van der Waals surface area contributed by atoms with Crippen molar-refractivity contribution in [3.8, 4) is 0 Å². The highest BCUT2D eigenvalue weighted by molar-refractivity contribution is 6.25. The Balaban J connectivity index is 1.51. The van der Waals surface area contributed by atoms with E-state index in [0.717, 1.165) is 4.90 Å². The Morgan fingerprint density at radius 2 is 1.76 bits per heavy atom. The molecule has 12 nitrogen and oxygen atoms in total. The maximum Gasteiger partial charge on any atom is 0.264 e. The molecule has 1 atom stereocenters. The Morgan fingerprint density at radius 1 is 1.06 bits per heavy atom. The number of ether oxygens (including phenoxy) is 1. The fourth-order valence-electron chi connectivity index (χ4n) is 3.79. The SMILES string of the molecule is COCC(=O)NCCCCNC(=O)CNc1cccc2c1C(=O)N(C1CCC(=O)NC1=O)C2=O. The van der Waals surface area contributed by atoms with E-state index in [2.05, 4.69) is 21.3 Å². The average molecular weight is 473 g/mol. The molecule has 12 heteroatoms. The number of carbonyl (C=O) groups is 6. The standard InChI is InChI=1S/C22H27N5O7/c1-34-12-18(30)24-10-3-2-9-23-17(29)11-25-14-6-4-5-13-19(14)22(33)27(21(13)32)15-7-8-16(28)26-20(15)31/h4-6,15,25H,2-3,7-12H2,1H3,(H,23,29)(H,24,30)(H,26,28,31). The first-order valence-corrected chi connectivity index (χ1v) is 10.9. The van der Waals surface area contributed by atoms with Crippen molar-refractivity contribution in [3.63, 3.8) is 0 Å². The molecular formula is C22H27N5O7. The lowest BCUT2D eigenvalue weighted by Gasteiger charge is -2.27. The zero-order chi connectivity index (χ0) is 24.7. The summed E-state index contributed by atoms with van der Waals surface area (Å²) in [5.74, 6) is -2.89. The topological polar surface area (TPSA) is 163 Å². The van der Waals surface area contributed by atoms with Crippen molar-refractivity contribution in [3.05, 3.63) is 29.3 Å². The monoisotopic (exact) mass is 473 g/mol. The number of amides is 6. The van der Waals surface area contributed by atoms with Crippen molar-refractivity contribution in [1.82, 2.24) is 20.9 Å². The van der Waals surface area contributed by atoms with Gasteiger partial charge < -0.3 is 20.7 Å². The second-order valence-corrected chi connectivity index (χ2v) is 7.87. The number of unbranched alkanes of at least 4 members (excludes halogenated alkanes) is 1. The number of methoxy groups -OCH3 is 1. The van der Waals surface area contributed by atoms with Crippen LogP contribution < -0.4 is 21.3 Å². The van der Waals surface area contributed by atoms with E-state index < -0.39 is 29.7 Å². The Bertz CT molecular complexity index is 1010. The van der Waals surface area contributed by atoms with Crippen LogP contribution in [0.5, 0.6) is 0 Å². The van der Waals surface area contributed by atoms with Gasteiger partial charge in [0.15, 0.2) is 0 Å². The van der Waals surface area contributed by atoms with Crippen LogP contribution >= 0.6 is 0 Å². The van der Waals surface area contributed by atoms with Crippen LogP contribution in [0.3, 0.4) is 0 Å². The number of piperidine rings is 1. The third kappa shape index (κ3) is 5.76. The summed E-state index contributed by atoms with van der Waals surface area (Å²) < 4.78 is 4.71. The highest BCUT2D eigenvalue weighted by atomic mass is 16.5. The van der Waals surface area contributed by atoms with Crippen molar-refractivity contribution >= 4 is 41.1 Å². The maximum absolute atomic E-state index is 13.0. The molecule has 0 aliphatic carbocycles. The molecule has 4 N–H and O–H groups in total. The number of hydrogen-bond acceptors (Lipinski definition) is 8. The van der Waals surface area contributed by atoms with Gasteiger partial charge in [0, 0.05) is 32.3 Å². The molecule has 34 heavy (non-hydrogen) atoms. The molecule has 0 bridgehead atoms. The van der Waals surface area contributed by atoms with Gasteiger partial charge in [-0.1, -0.05) is 6.07 Å². The first-order chi connectivity index (χ1) is 16.3. The molecule has 3 rings (SSSR count). The molecule has 6 amide bonds. The van der Waals surface area contributed by atoms with Gasteiger partial charge in [0.25, 0.3) is 11.8 Å². The summed E-state index contributed by atoms with van der Waals surface area (Å²) in [4.78, 5) is 73.8. The predicted octanol–water partition coefficient (Wildman–Crippen LogP) is -0.841. The highest BCUT2D eigenvalue weighted by Crippen LogP contribution is 2.32. The van der Waals surface area contributed by atoms with E-state index in [9.17, 15) is 28.8 Å². The lowest BCUT2D eigenvalue weighted by Crippen LogP contribution is -2.54. The van der Waals surface area contributed by atoms with Crippen LogP contribution in [0.15, 0.2) is 18.2 Å². The highest BCUT2D eigenvalue weighted by Gasteiger charge is 2.45. The van der Waals surface area contributed by atoms with Crippen molar-refractivity contribution in [2.45, 2.75) is 31.7 Å². The minimum atomic E-state index is -1.06. The summed E-state index contributed by atoms with van der Waals surface area (Å²) in [6.45, 7) is 0.770. The first-order valence-electron chi connectivity index (χ1n) is 10.9. The van der Waals surface area contributed by atoms with Crippen LogP contribution in [0.25, 0.3) is 0 Å². The van der Waals surface area contributed by atoms with Crippen molar-refractivity contribution < 1.29 is 33.5 Å². The van der Waals surface area contributed by atoms with Gasteiger partial charge in [-0.05, 0) is 31.4 Å². The molecule has 2 aliphatic heterocycles. The van der Waals surface area contributed by atoms with Crippen LogP contribution in [0.1, 0.15) is 46.4 Å². The van der Waals surface area contributed by atoms with E-state index in [0.29, 0.717) is 31.6 Å². The summed E-state index contributed by atoms with van der Waals surface area (Å²) in [7, 11) is 1.44. The van der Waals surface area contributed by atoms with Crippen molar-refractivity contribution in [1.29, 1.82) is 0 Å². The molecule has 1 unspecified atom stereocenters. The van der Waals surface area contributed by atoms with Crippen molar-refractivity contribution in [2.75, 3.05) is 38.7 Å². The van der Waals surface area contributed by atoms with E-state index in [-0.39, 0.29) is 48.9 Å². The van der Waals surface area contributed by atoms with E-state index in [1.807, 2.05) is 0 Å². The molecule has 0 spiro atoms. The summed E-state index contributed by atoms with van der Waals surface area (Å²) in [5.41, 5.74) is 0.536. The molecular weight excluding hydrogens is 446 g/mol. The van der Waals surface area contributed by atoms with Crippen LogP contribution in [0.2, 0.25) is 0 Å². The molecule has 1 fully saturated rings. The largest absolute Gasteiger partial charge is 0.375 e. The molecule has 2 aliphatic rings. The fraction of sp³-hybridized carbons (Fsp3) is 0.455. The minimum Gasteiger partial charge on any atom is -0.375 e. The number of fused-ring (bicyclic) bond motifs is 1. The number of nitrogens with one attached hydrogen (secondary N) is 4. The normalized spacial score (nSPS) is 17.3. The minimum absolute atomic E-state index is 0.00494. The van der Waals surface area contributed by atoms with E-state index in [1.165, 1.54) is 13.2 Å². The van der Waals surface area contributed by atoms with Crippen LogP contribution in [0, 0.1) is 0 Å². The lowest BCUT2D eigenvalue weighted by atomic mass is 10.0. The number of hydrogen-bond donors (Lipinski definition) is 4. The van der Waals surface area contributed by atoms with Gasteiger partial charge in [0.1, 0.15) is 12.6 Å². The number of imide groups is 2. The smallest absolute Gasteiger partial charge is 0.264 e. The van der Waals surface area contributed by atoms with Gasteiger partial charge in [0.2, 0.25) is 23.6 Å². The van der Waals surface area contributed by atoms with Crippen LogP contribution in [-0.2, 0) is 23.9 Å². The average Bonchev–Trinajstić information content (AvgIpc) is 3.05. The van der Waals surface area contributed by atoms with Gasteiger partial charge in [-0.2, -0.15) is 0 Å². The Labute approximate surface area is 195 Å². The Hall–Kier alpha value is -3.80.